The van der Waals surface area contributed by atoms with Gasteiger partial charge in [-0.15, -0.1) is 0 Å². The third kappa shape index (κ3) is 2.44. The third-order valence-electron chi connectivity index (χ3n) is 3.90. The summed E-state index contributed by atoms with van der Waals surface area (Å²) in [4.78, 5) is 0. The summed E-state index contributed by atoms with van der Waals surface area (Å²) in [6, 6.07) is 9.67. The Balaban J connectivity index is 2.15. The van der Waals surface area contributed by atoms with Gasteiger partial charge in [-0.3, -0.25) is 4.68 Å². The average molecular weight is 282 g/mol. The Hall–Kier alpha value is -2.16. The first-order valence-electron chi connectivity index (χ1n) is 7.19. The second-order valence-corrected chi connectivity index (χ2v) is 5.92. The molecule has 3 aromatic rings. The van der Waals surface area contributed by atoms with Gasteiger partial charge in [-0.2, -0.15) is 5.10 Å². The minimum atomic E-state index is -0.131. The molecule has 3 rings (SSSR count). The number of benzene rings is 2. The van der Waals surface area contributed by atoms with Gasteiger partial charge in [-0.25, -0.2) is 4.39 Å². The van der Waals surface area contributed by atoms with Crippen molar-refractivity contribution in [3.05, 3.63) is 53.5 Å². The standard InChI is InChI=1S/C18H19FN2/c1-11(2)15-6-5-13(9-17(15)19)16-8-14-10-21(4)20-18(14)7-12(16)3/h5-11H,1-4H3. The maximum absolute atomic E-state index is 14.2. The topological polar surface area (TPSA) is 17.8 Å². The molecule has 0 fully saturated rings. The van der Waals surface area contributed by atoms with Gasteiger partial charge in [0.15, 0.2) is 0 Å². The number of hydrogen-bond donors (Lipinski definition) is 0. The van der Waals surface area contributed by atoms with Gasteiger partial charge in [-0.05, 0) is 53.3 Å². The molecule has 0 aliphatic rings. The summed E-state index contributed by atoms with van der Waals surface area (Å²) in [6.07, 6.45) is 1.98. The predicted octanol–water partition coefficient (Wildman–Crippen LogP) is 4.81. The fourth-order valence-electron chi connectivity index (χ4n) is 2.77. The first kappa shape index (κ1) is 13.8. The van der Waals surface area contributed by atoms with Crippen LogP contribution in [0.4, 0.5) is 4.39 Å². The largest absolute Gasteiger partial charge is 0.275 e. The van der Waals surface area contributed by atoms with Crippen LogP contribution in [0.5, 0.6) is 0 Å². The van der Waals surface area contributed by atoms with Crippen LogP contribution < -0.4 is 0 Å². The lowest BCUT2D eigenvalue weighted by molar-refractivity contribution is 0.599. The fourth-order valence-corrected chi connectivity index (χ4v) is 2.77. The Morgan fingerprint density at radius 3 is 2.57 bits per heavy atom. The van der Waals surface area contributed by atoms with Crippen LogP contribution in [-0.2, 0) is 7.05 Å². The molecular weight excluding hydrogens is 263 g/mol. The first-order valence-corrected chi connectivity index (χ1v) is 7.19. The molecule has 0 aliphatic heterocycles. The Morgan fingerprint density at radius 2 is 1.90 bits per heavy atom. The molecular formula is C18H19FN2. The lowest BCUT2D eigenvalue weighted by Crippen LogP contribution is -1.94. The van der Waals surface area contributed by atoms with Gasteiger partial charge in [-0.1, -0.05) is 26.0 Å². The Morgan fingerprint density at radius 1 is 1.14 bits per heavy atom. The van der Waals surface area contributed by atoms with Crippen molar-refractivity contribution in [2.24, 2.45) is 7.05 Å². The molecule has 0 unspecified atom stereocenters. The number of aryl methyl sites for hydroxylation is 2. The van der Waals surface area contributed by atoms with Crippen molar-refractivity contribution in [1.82, 2.24) is 9.78 Å². The lowest BCUT2D eigenvalue weighted by Gasteiger charge is -2.11. The molecule has 1 heterocycles. The van der Waals surface area contributed by atoms with Crippen LogP contribution in [0.15, 0.2) is 36.5 Å². The molecule has 0 saturated heterocycles. The van der Waals surface area contributed by atoms with E-state index in [2.05, 4.69) is 17.2 Å². The van der Waals surface area contributed by atoms with Crippen LogP contribution in [0.25, 0.3) is 22.0 Å². The molecule has 2 nitrogen and oxygen atoms in total. The van der Waals surface area contributed by atoms with E-state index in [-0.39, 0.29) is 11.7 Å². The van der Waals surface area contributed by atoms with Crippen LogP contribution in [0.2, 0.25) is 0 Å². The van der Waals surface area contributed by atoms with E-state index in [0.717, 1.165) is 33.2 Å². The third-order valence-corrected chi connectivity index (χ3v) is 3.90. The molecule has 1 aromatic heterocycles. The monoisotopic (exact) mass is 282 g/mol. The van der Waals surface area contributed by atoms with Gasteiger partial charge >= 0.3 is 0 Å². The van der Waals surface area contributed by atoms with Gasteiger partial charge in [0.25, 0.3) is 0 Å². The zero-order valence-corrected chi connectivity index (χ0v) is 12.8. The van der Waals surface area contributed by atoms with E-state index in [9.17, 15) is 4.39 Å². The van der Waals surface area contributed by atoms with Crippen LogP contribution in [0, 0.1) is 12.7 Å². The predicted molar refractivity (Wildman–Crippen MR) is 84.9 cm³/mol. The summed E-state index contributed by atoms with van der Waals surface area (Å²) >= 11 is 0. The minimum absolute atomic E-state index is 0.131. The van der Waals surface area contributed by atoms with Crippen LogP contribution in [0.1, 0.15) is 30.9 Å². The smallest absolute Gasteiger partial charge is 0.127 e. The first-order chi connectivity index (χ1) is 9.95. The number of aromatic nitrogens is 2. The number of halogens is 1. The Bertz CT molecular complexity index is 815. The highest BCUT2D eigenvalue weighted by Crippen LogP contribution is 2.30. The van der Waals surface area contributed by atoms with Crippen molar-refractivity contribution in [3.63, 3.8) is 0 Å². The summed E-state index contributed by atoms with van der Waals surface area (Å²) in [6.45, 7) is 6.05. The van der Waals surface area contributed by atoms with Crippen LogP contribution in [0.3, 0.4) is 0 Å². The normalized spacial score (nSPS) is 11.5. The van der Waals surface area contributed by atoms with E-state index >= 15 is 0 Å². The van der Waals surface area contributed by atoms with E-state index < -0.39 is 0 Å². The zero-order chi connectivity index (χ0) is 15.1. The molecule has 21 heavy (non-hydrogen) atoms. The number of fused-ring (bicyclic) bond motifs is 1. The molecule has 2 aromatic carbocycles. The number of nitrogens with zero attached hydrogens (tertiary/aromatic N) is 2. The summed E-state index contributed by atoms with van der Waals surface area (Å²) in [5.74, 6) is 0.0640. The van der Waals surface area contributed by atoms with Gasteiger partial charge in [0, 0.05) is 18.6 Å². The summed E-state index contributed by atoms with van der Waals surface area (Å²) < 4.78 is 16.0. The Kier molecular flexibility index (Phi) is 3.28. The van der Waals surface area contributed by atoms with Gasteiger partial charge < -0.3 is 0 Å². The zero-order valence-electron chi connectivity index (χ0n) is 12.8. The maximum atomic E-state index is 14.2. The van der Waals surface area contributed by atoms with Crippen molar-refractivity contribution in [1.29, 1.82) is 0 Å². The average Bonchev–Trinajstić information content (AvgIpc) is 2.76. The molecule has 0 N–H and O–H groups in total. The van der Waals surface area contributed by atoms with Crippen molar-refractivity contribution in [3.8, 4) is 11.1 Å². The molecule has 0 amide bonds. The quantitative estimate of drug-likeness (QED) is 0.659. The van der Waals surface area contributed by atoms with Crippen molar-refractivity contribution < 1.29 is 4.39 Å². The SMILES string of the molecule is Cc1cc2nn(C)cc2cc1-c1ccc(C(C)C)c(F)c1. The maximum Gasteiger partial charge on any atom is 0.127 e. The van der Waals surface area contributed by atoms with E-state index in [1.54, 1.807) is 10.7 Å². The van der Waals surface area contributed by atoms with Gasteiger partial charge in [0.05, 0.1) is 5.52 Å². The van der Waals surface area contributed by atoms with E-state index in [0.29, 0.717) is 0 Å². The van der Waals surface area contributed by atoms with Gasteiger partial charge in [0.1, 0.15) is 5.82 Å². The van der Waals surface area contributed by atoms with E-state index in [1.807, 2.05) is 46.1 Å². The van der Waals surface area contributed by atoms with Crippen LogP contribution in [-0.4, -0.2) is 9.78 Å². The lowest BCUT2D eigenvalue weighted by atomic mass is 9.95. The van der Waals surface area contributed by atoms with Crippen LogP contribution >= 0.6 is 0 Å². The summed E-state index contributed by atoms with van der Waals surface area (Å²) in [7, 11) is 1.91. The number of rotatable bonds is 2. The summed E-state index contributed by atoms with van der Waals surface area (Å²) in [5.41, 5.74) is 4.82. The highest BCUT2D eigenvalue weighted by molar-refractivity contribution is 5.86. The minimum Gasteiger partial charge on any atom is -0.275 e. The molecule has 0 radical (unpaired) electrons. The second kappa shape index (κ2) is 4.99. The molecule has 0 aliphatic carbocycles. The van der Waals surface area contributed by atoms with Gasteiger partial charge in [0.2, 0.25) is 0 Å². The van der Waals surface area contributed by atoms with E-state index in [1.165, 1.54) is 0 Å². The molecule has 0 atom stereocenters. The highest BCUT2D eigenvalue weighted by atomic mass is 19.1. The highest BCUT2D eigenvalue weighted by Gasteiger charge is 2.11. The molecule has 0 bridgehead atoms. The molecule has 0 saturated carbocycles. The summed E-state index contributed by atoms with van der Waals surface area (Å²) in [5, 5.41) is 5.48. The fraction of sp³-hybridized carbons (Fsp3) is 0.278. The van der Waals surface area contributed by atoms with Crippen molar-refractivity contribution in [2.45, 2.75) is 26.7 Å². The second-order valence-electron chi connectivity index (χ2n) is 5.92. The van der Waals surface area contributed by atoms with Crippen molar-refractivity contribution >= 4 is 10.9 Å². The Labute approximate surface area is 124 Å². The van der Waals surface area contributed by atoms with Crippen molar-refractivity contribution in [2.75, 3.05) is 0 Å². The van der Waals surface area contributed by atoms with E-state index in [4.69, 9.17) is 0 Å². The molecule has 0 spiro atoms. The molecule has 3 heteroatoms. The number of hydrogen-bond acceptors (Lipinski definition) is 1. The molecule has 108 valence electrons.